The minimum Gasteiger partial charge on any atom is -0.497 e. The number of methoxy groups -OCH3 is 1. The molecule has 162 valence electrons. The molecule has 0 unspecified atom stereocenters. The van der Waals surface area contributed by atoms with Crippen LogP contribution in [-0.4, -0.2) is 24.1 Å². The summed E-state index contributed by atoms with van der Waals surface area (Å²) in [6, 6.07) is 19.1. The molecule has 1 heterocycles. The van der Waals surface area contributed by atoms with Gasteiger partial charge in [0.05, 0.1) is 29.8 Å². The van der Waals surface area contributed by atoms with Crippen molar-refractivity contribution in [3.8, 4) is 22.9 Å². The van der Waals surface area contributed by atoms with Crippen LogP contribution >= 0.6 is 0 Å². The Bertz CT molecular complexity index is 1480. The highest BCUT2D eigenvalue weighted by atomic mass is 16.5. The van der Waals surface area contributed by atoms with Crippen LogP contribution in [0, 0.1) is 11.3 Å². The Hall–Kier alpha value is -4.90. The van der Waals surface area contributed by atoms with Crippen molar-refractivity contribution in [2.75, 3.05) is 12.4 Å². The molecule has 0 radical (unpaired) electrons. The fourth-order valence-electron chi connectivity index (χ4n) is 3.30. The third-order valence-corrected chi connectivity index (χ3v) is 4.99. The van der Waals surface area contributed by atoms with Crippen molar-refractivity contribution in [1.82, 2.24) is 0 Å². The van der Waals surface area contributed by atoms with Crippen molar-refractivity contribution >= 4 is 28.5 Å². The van der Waals surface area contributed by atoms with Crippen molar-refractivity contribution in [3.63, 3.8) is 0 Å². The molecule has 0 saturated heterocycles. The van der Waals surface area contributed by atoms with E-state index in [4.69, 9.17) is 14.4 Å². The van der Waals surface area contributed by atoms with E-state index in [1.165, 1.54) is 7.11 Å². The smallest absolute Gasteiger partial charge is 0.371 e. The Morgan fingerprint density at radius 2 is 1.70 bits per heavy atom. The fraction of sp³-hybridized carbons (Fsp3) is 0.0400. The van der Waals surface area contributed by atoms with E-state index >= 15 is 0 Å². The molecule has 0 saturated carbocycles. The number of carboxylic acid groups (broad SMARTS) is 1. The molecule has 0 aliphatic carbocycles. The number of aromatic carboxylic acids is 1. The van der Waals surface area contributed by atoms with Crippen molar-refractivity contribution in [3.05, 3.63) is 93.8 Å². The number of anilines is 1. The lowest BCUT2D eigenvalue weighted by atomic mass is 10.0. The lowest BCUT2D eigenvalue weighted by molar-refractivity contribution is 0.0663. The van der Waals surface area contributed by atoms with Gasteiger partial charge in [-0.25, -0.2) is 4.79 Å². The number of ether oxygens (including phenoxy) is 1. The van der Waals surface area contributed by atoms with E-state index in [9.17, 15) is 19.5 Å². The molecule has 4 aromatic rings. The van der Waals surface area contributed by atoms with E-state index in [0.29, 0.717) is 28.0 Å². The van der Waals surface area contributed by atoms with Gasteiger partial charge in [-0.1, -0.05) is 12.1 Å². The lowest BCUT2D eigenvalue weighted by Gasteiger charge is -2.12. The number of carbonyl (C=O) groups is 2. The molecule has 33 heavy (non-hydrogen) atoms. The van der Waals surface area contributed by atoms with Crippen LogP contribution in [0.1, 0.15) is 26.5 Å². The summed E-state index contributed by atoms with van der Waals surface area (Å²) in [5.74, 6) is -1.85. The molecule has 3 aromatic carbocycles. The normalized spacial score (nSPS) is 10.4. The molecule has 0 fully saturated rings. The first-order valence-corrected chi connectivity index (χ1v) is 9.70. The number of carboxylic acids is 1. The highest BCUT2D eigenvalue weighted by Gasteiger charge is 2.18. The van der Waals surface area contributed by atoms with Crippen LogP contribution in [0.5, 0.6) is 5.75 Å². The number of nitriles is 1. The highest BCUT2D eigenvalue weighted by Crippen LogP contribution is 2.31. The first-order chi connectivity index (χ1) is 15.9. The van der Waals surface area contributed by atoms with Crippen LogP contribution in [0.3, 0.4) is 0 Å². The molecule has 1 amide bonds. The maximum Gasteiger partial charge on any atom is 0.371 e. The number of amides is 1. The van der Waals surface area contributed by atoms with Crippen LogP contribution in [0.4, 0.5) is 5.69 Å². The van der Waals surface area contributed by atoms with Crippen LogP contribution in [0.2, 0.25) is 0 Å². The second-order valence-electron chi connectivity index (χ2n) is 7.05. The predicted octanol–water partition coefficient (Wildman–Crippen LogP) is 4.29. The van der Waals surface area contributed by atoms with E-state index in [1.54, 1.807) is 60.7 Å². The van der Waals surface area contributed by atoms with Gasteiger partial charge in [-0.2, -0.15) is 5.26 Å². The first-order valence-electron chi connectivity index (χ1n) is 9.70. The molecule has 0 atom stereocenters. The van der Waals surface area contributed by atoms with Gasteiger partial charge in [0.15, 0.2) is 11.0 Å². The monoisotopic (exact) mass is 440 g/mol. The minimum absolute atomic E-state index is 0.0563. The lowest BCUT2D eigenvalue weighted by Crippen LogP contribution is -2.14. The quantitative estimate of drug-likeness (QED) is 0.473. The molecule has 0 spiro atoms. The number of hydrogen-bond donors (Lipinski definition) is 2. The van der Waals surface area contributed by atoms with Gasteiger partial charge in [0.2, 0.25) is 5.76 Å². The van der Waals surface area contributed by atoms with Gasteiger partial charge in [0.1, 0.15) is 5.75 Å². The Morgan fingerprint density at radius 1 is 1.00 bits per heavy atom. The summed E-state index contributed by atoms with van der Waals surface area (Å²) in [6.45, 7) is 0. The number of nitrogens with zero attached hydrogens (tertiary/aromatic N) is 1. The Labute approximate surface area is 187 Å². The van der Waals surface area contributed by atoms with Gasteiger partial charge < -0.3 is 19.6 Å². The van der Waals surface area contributed by atoms with Gasteiger partial charge in [0, 0.05) is 11.6 Å². The van der Waals surface area contributed by atoms with Crippen molar-refractivity contribution in [2.24, 2.45) is 0 Å². The number of fused-ring (bicyclic) bond motifs is 1. The van der Waals surface area contributed by atoms with Gasteiger partial charge in [-0.15, -0.1) is 0 Å². The van der Waals surface area contributed by atoms with E-state index in [2.05, 4.69) is 5.32 Å². The topological polar surface area (TPSA) is 130 Å². The molecule has 4 rings (SSSR count). The maximum absolute atomic E-state index is 12.9. The number of rotatable bonds is 5. The molecule has 2 N–H and O–H groups in total. The average Bonchev–Trinajstić information content (AvgIpc) is 2.84. The molecule has 0 bridgehead atoms. The van der Waals surface area contributed by atoms with E-state index < -0.39 is 23.1 Å². The van der Waals surface area contributed by atoms with Crippen LogP contribution in [0.15, 0.2) is 75.9 Å². The summed E-state index contributed by atoms with van der Waals surface area (Å²) < 4.78 is 10.6. The minimum atomic E-state index is -1.41. The van der Waals surface area contributed by atoms with Crippen molar-refractivity contribution in [1.29, 1.82) is 5.26 Å². The Kier molecular flexibility index (Phi) is 5.62. The van der Waals surface area contributed by atoms with Crippen molar-refractivity contribution in [2.45, 2.75) is 0 Å². The molecular formula is C25H16N2O6. The zero-order chi connectivity index (χ0) is 23.5. The summed E-state index contributed by atoms with van der Waals surface area (Å²) in [7, 11) is 1.51. The first kappa shape index (κ1) is 21.3. The summed E-state index contributed by atoms with van der Waals surface area (Å²) in [4.78, 5) is 36.9. The largest absolute Gasteiger partial charge is 0.497 e. The molecule has 0 aliphatic heterocycles. The number of carbonyl (C=O) groups excluding carboxylic acids is 1. The van der Waals surface area contributed by atoms with Crippen LogP contribution < -0.4 is 15.5 Å². The fourth-order valence-corrected chi connectivity index (χ4v) is 3.30. The second kappa shape index (κ2) is 8.69. The molecule has 0 aliphatic rings. The predicted molar refractivity (Wildman–Crippen MR) is 121 cm³/mol. The zero-order valence-corrected chi connectivity index (χ0v) is 17.3. The zero-order valence-electron chi connectivity index (χ0n) is 17.3. The van der Waals surface area contributed by atoms with Crippen molar-refractivity contribution < 1.29 is 23.8 Å². The van der Waals surface area contributed by atoms with E-state index in [1.807, 2.05) is 6.07 Å². The van der Waals surface area contributed by atoms with Gasteiger partial charge in [-0.05, 0) is 59.7 Å². The number of nitrogens with one attached hydrogen (secondary N) is 1. The third-order valence-electron chi connectivity index (χ3n) is 4.99. The molecular weight excluding hydrogens is 424 g/mol. The summed E-state index contributed by atoms with van der Waals surface area (Å²) in [5.41, 5.74) is 1.57. The SMILES string of the molecule is COc1ccc(C(=O)Nc2cc(-c3ccc(C#N)cc3)cc3c(=O)cc(C(=O)O)oc23)cc1. The van der Waals surface area contributed by atoms with Crippen LogP contribution in [-0.2, 0) is 0 Å². The molecule has 8 nitrogen and oxygen atoms in total. The Balaban J connectivity index is 1.86. The van der Waals surface area contributed by atoms with E-state index in [-0.39, 0.29) is 16.7 Å². The summed E-state index contributed by atoms with van der Waals surface area (Å²) in [5, 5.41) is 21.1. The van der Waals surface area contributed by atoms with Gasteiger partial charge >= 0.3 is 5.97 Å². The van der Waals surface area contributed by atoms with E-state index in [0.717, 1.165) is 6.07 Å². The summed E-state index contributed by atoms with van der Waals surface area (Å²) in [6.07, 6.45) is 0. The third kappa shape index (κ3) is 4.29. The number of hydrogen-bond acceptors (Lipinski definition) is 6. The maximum atomic E-state index is 12.9. The molecule has 1 aromatic heterocycles. The average molecular weight is 440 g/mol. The second-order valence-corrected chi connectivity index (χ2v) is 7.05. The van der Waals surface area contributed by atoms with Gasteiger partial charge in [-0.3, -0.25) is 9.59 Å². The Morgan fingerprint density at radius 3 is 2.30 bits per heavy atom. The molecule has 8 heteroatoms. The van der Waals surface area contributed by atoms with Crippen LogP contribution in [0.25, 0.3) is 22.1 Å². The highest BCUT2D eigenvalue weighted by molar-refractivity contribution is 6.09. The number of benzene rings is 3. The standard InChI is InChI=1S/C25H16N2O6/c1-32-18-8-6-16(7-9-18)24(29)27-20-11-17(15-4-2-14(13-26)3-5-15)10-19-21(28)12-22(25(30)31)33-23(19)20/h2-12H,1H3,(H,27,29)(H,30,31). The van der Waals surface area contributed by atoms with Gasteiger partial charge in [0.25, 0.3) is 5.91 Å². The summed E-state index contributed by atoms with van der Waals surface area (Å²) >= 11 is 0.